The van der Waals surface area contributed by atoms with E-state index >= 15 is 0 Å². The summed E-state index contributed by atoms with van der Waals surface area (Å²) in [5.41, 5.74) is 3.63. The molecule has 0 saturated carbocycles. The Morgan fingerprint density at radius 2 is 2.00 bits per heavy atom. The van der Waals surface area contributed by atoms with Gasteiger partial charge in [0.15, 0.2) is 11.0 Å². The van der Waals surface area contributed by atoms with Gasteiger partial charge < -0.3 is 5.32 Å². The van der Waals surface area contributed by atoms with Gasteiger partial charge in [0.25, 0.3) is 0 Å². The van der Waals surface area contributed by atoms with Gasteiger partial charge in [-0.25, -0.2) is 0 Å². The highest BCUT2D eigenvalue weighted by Gasteiger charge is 2.17. The summed E-state index contributed by atoms with van der Waals surface area (Å²) in [4.78, 5) is 12.5. The first-order valence-electron chi connectivity index (χ1n) is 8.99. The minimum Gasteiger partial charge on any atom is -0.325 e. The predicted molar refractivity (Wildman–Crippen MR) is 129 cm³/mol. The molecular weight excluding hydrogens is 507 g/mol. The Balaban J connectivity index is 1.77. The highest BCUT2D eigenvalue weighted by Crippen LogP contribution is 2.32. The number of carbonyl (C=O) groups is 1. The number of thioether (sulfide) groups is 1. The lowest BCUT2D eigenvalue weighted by Gasteiger charge is -2.12. The number of nitrogens with zero attached hydrogens (tertiary/aromatic N) is 3. The van der Waals surface area contributed by atoms with Gasteiger partial charge in [-0.1, -0.05) is 57.0 Å². The van der Waals surface area contributed by atoms with Crippen LogP contribution in [0.2, 0.25) is 10.0 Å². The van der Waals surface area contributed by atoms with Crippen molar-refractivity contribution in [3.8, 4) is 11.4 Å². The maximum absolute atomic E-state index is 12.5. The van der Waals surface area contributed by atoms with Crippen molar-refractivity contribution in [3.63, 3.8) is 0 Å². The van der Waals surface area contributed by atoms with Gasteiger partial charge in [-0.2, -0.15) is 0 Å². The van der Waals surface area contributed by atoms with E-state index in [-0.39, 0.29) is 11.7 Å². The number of halogens is 3. The maximum atomic E-state index is 12.5. The van der Waals surface area contributed by atoms with Gasteiger partial charge in [-0.15, -0.1) is 16.8 Å². The molecule has 0 aliphatic carbocycles. The number of aromatic nitrogens is 3. The number of amides is 1. The lowest BCUT2D eigenvalue weighted by atomic mass is 10.1. The summed E-state index contributed by atoms with van der Waals surface area (Å²) >= 11 is 17.1. The molecule has 0 fully saturated rings. The van der Waals surface area contributed by atoms with Crippen LogP contribution in [0.1, 0.15) is 11.1 Å². The topological polar surface area (TPSA) is 59.8 Å². The van der Waals surface area contributed by atoms with Gasteiger partial charge in [0.05, 0.1) is 10.8 Å². The van der Waals surface area contributed by atoms with E-state index in [1.165, 1.54) is 11.8 Å². The van der Waals surface area contributed by atoms with Crippen molar-refractivity contribution < 1.29 is 4.79 Å². The lowest BCUT2D eigenvalue weighted by molar-refractivity contribution is -0.113. The van der Waals surface area contributed by atoms with E-state index in [1.807, 2.05) is 30.5 Å². The molecule has 0 spiro atoms. The number of hydrogen-bond donors (Lipinski definition) is 1. The molecule has 3 rings (SSSR count). The third-order valence-corrected chi connectivity index (χ3v) is 6.90. The average molecular weight is 526 g/mol. The highest BCUT2D eigenvalue weighted by atomic mass is 79.9. The zero-order valence-electron chi connectivity index (χ0n) is 16.4. The fourth-order valence-corrected chi connectivity index (χ4v) is 4.47. The van der Waals surface area contributed by atoms with Crippen molar-refractivity contribution in [2.24, 2.45) is 0 Å². The van der Waals surface area contributed by atoms with Crippen LogP contribution in [-0.2, 0) is 11.3 Å². The molecule has 0 saturated heterocycles. The number of allylic oxidation sites excluding steroid dienone is 1. The van der Waals surface area contributed by atoms with E-state index in [0.717, 1.165) is 21.3 Å². The van der Waals surface area contributed by atoms with Crippen molar-refractivity contribution in [2.75, 3.05) is 11.1 Å². The number of hydrogen-bond acceptors (Lipinski definition) is 4. The van der Waals surface area contributed by atoms with Crippen LogP contribution in [-0.4, -0.2) is 26.4 Å². The molecule has 3 aromatic rings. The Morgan fingerprint density at radius 3 is 2.70 bits per heavy atom. The molecule has 0 bridgehead atoms. The molecule has 1 aromatic heterocycles. The summed E-state index contributed by atoms with van der Waals surface area (Å²) in [6.45, 7) is 8.27. The van der Waals surface area contributed by atoms with Crippen LogP contribution in [0.3, 0.4) is 0 Å². The summed E-state index contributed by atoms with van der Waals surface area (Å²) < 4.78 is 2.88. The van der Waals surface area contributed by atoms with E-state index in [0.29, 0.717) is 33.1 Å². The molecule has 0 aliphatic rings. The summed E-state index contributed by atoms with van der Waals surface area (Å²) in [5.74, 6) is 0.668. The molecule has 1 amide bonds. The van der Waals surface area contributed by atoms with Gasteiger partial charge in [-0.3, -0.25) is 9.36 Å². The van der Waals surface area contributed by atoms with Crippen molar-refractivity contribution in [2.45, 2.75) is 25.5 Å². The minimum absolute atomic E-state index is 0.121. The van der Waals surface area contributed by atoms with Gasteiger partial charge in [-0.05, 0) is 55.3 Å². The molecule has 0 radical (unpaired) electrons. The number of carbonyl (C=O) groups excluding carboxylic acids is 1. The SMILES string of the molecule is C=CCn1c(SCC(=O)Nc2ccc(Br)c(C)c2C)nnc1-c1ccc(Cl)cc1Cl. The predicted octanol–water partition coefficient (Wildman–Crippen LogP) is 6.55. The van der Waals surface area contributed by atoms with Crippen molar-refractivity contribution >= 4 is 62.5 Å². The molecule has 0 atom stereocenters. The second kappa shape index (κ2) is 10.0. The van der Waals surface area contributed by atoms with E-state index in [4.69, 9.17) is 23.2 Å². The Hall–Kier alpha value is -1.80. The molecule has 0 aliphatic heterocycles. The second-order valence-corrected chi connectivity index (χ2v) is 9.15. The van der Waals surface area contributed by atoms with Crippen molar-refractivity contribution in [1.82, 2.24) is 14.8 Å². The fraction of sp³-hybridized carbons (Fsp3) is 0.190. The first-order chi connectivity index (χ1) is 14.3. The average Bonchev–Trinajstić information content (AvgIpc) is 3.09. The third-order valence-electron chi connectivity index (χ3n) is 4.53. The van der Waals surface area contributed by atoms with Gasteiger partial charge in [0.2, 0.25) is 5.91 Å². The van der Waals surface area contributed by atoms with Crippen LogP contribution >= 0.6 is 50.9 Å². The Kier molecular flexibility index (Phi) is 7.63. The Morgan fingerprint density at radius 1 is 1.23 bits per heavy atom. The lowest BCUT2D eigenvalue weighted by Crippen LogP contribution is -2.15. The monoisotopic (exact) mass is 524 g/mol. The smallest absolute Gasteiger partial charge is 0.234 e. The highest BCUT2D eigenvalue weighted by molar-refractivity contribution is 9.10. The van der Waals surface area contributed by atoms with E-state index in [2.05, 4.69) is 38.0 Å². The first kappa shape index (κ1) is 22.9. The molecule has 0 unspecified atom stereocenters. The number of nitrogens with one attached hydrogen (secondary N) is 1. The van der Waals surface area contributed by atoms with Gasteiger partial charge in [0, 0.05) is 27.3 Å². The molecular formula is C21H19BrCl2N4OS. The van der Waals surface area contributed by atoms with Crippen LogP contribution in [0.4, 0.5) is 5.69 Å². The molecule has 1 N–H and O–H groups in total. The van der Waals surface area contributed by atoms with E-state index < -0.39 is 0 Å². The second-order valence-electron chi connectivity index (χ2n) is 6.51. The molecule has 9 heteroatoms. The maximum Gasteiger partial charge on any atom is 0.234 e. The fourth-order valence-electron chi connectivity index (χ4n) is 2.80. The molecule has 30 heavy (non-hydrogen) atoms. The first-order valence-corrected chi connectivity index (χ1v) is 11.5. The molecule has 2 aromatic carbocycles. The Bertz CT molecular complexity index is 1120. The van der Waals surface area contributed by atoms with Crippen molar-refractivity contribution in [3.05, 3.63) is 68.6 Å². The van der Waals surface area contributed by atoms with Gasteiger partial charge >= 0.3 is 0 Å². The van der Waals surface area contributed by atoms with Crippen molar-refractivity contribution in [1.29, 1.82) is 0 Å². The Labute approximate surface area is 198 Å². The standard InChI is InChI=1S/C21H19BrCl2N4OS/c1-4-9-28-20(15-6-5-14(23)10-17(15)24)26-27-21(28)30-11-19(29)25-18-8-7-16(22)12(2)13(18)3/h4-8,10H,1,9,11H2,2-3H3,(H,25,29). The van der Waals surface area contributed by atoms with Crippen LogP contribution < -0.4 is 5.32 Å². The zero-order chi connectivity index (χ0) is 21.8. The summed E-state index contributed by atoms with van der Waals surface area (Å²) in [5, 5.41) is 13.1. The van der Waals surface area contributed by atoms with E-state index in [1.54, 1.807) is 24.3 Å². The third kappa shape index (κ3) is 5.09. The van der Waals surface area contributed by atoms with Gasteiger partial charge in [0.1, 0.15) is 0 Å². The quantitative estimate of drug-likeness (QED) is 0.280. The largest absolute Gasteiger partial charge is 0.325 e. The number of rotatable bonds is 7. The molecule has 5 nitrogen and oxygen atoms in total. The zero-order valence-corrected chi connectivity index (χ0v) is 20.3. The number of benzene rings is 2. The molecule has 156 valence electrons. The summed E-state index contributed by atoms with van der Waals surface area (Å²) in [6.07, 6.45) is 1.74. The van der Waals surface area contributed by atoms with Crippen LogP contribution in [0.15, 0.2) is 52.6 Å². The minimum atomic E-state index is -0.121. The van der Waals surface area contributed by atoms with Crippen LogP contribution in [0.25, 0.3) is 11.4 Å². The van der Waals surface area contributed by atoms with Crippen LogP contribution in [0, 0.1) is 13.8 Å². The summed E-state index contributed by atoms with van der Waals surface area (Å²) in [6, 6.07) is 9.02. The van der Waals surface area contributed by atoms with Crippen LogP contribution in [0.5, 0.6) is 0 Å². The molecule has 1 heterocycles. The van der Waals surface area contributed by atoms with E-state index in [9.17, 15) is 4.79 Å². The normalized spacial score (nSPS) is 10.8. The summed E-state index contributed by atoms with van der Waals surface area (Å²) in [7, 11) is 0. The number of anilines is 1.